The van der Waals surface area contributed by atoms with Crippen molar-refractivity contribution in [3.8, 4) is 5.75 Å². The first kappa shape index (κ1) is 32.5. The van der Waals surface area contributed by atoms with Crippen LogP contribution in [0.4, 0.5) is 10.6 Å². The zero-order valence-corrected chi connectivity index (χ0v) is 25.8. The predicted octanol–water partition coefficient (Wildman–Crippen LogP) is 3.56. The summed E-state index contributed by atoms with van der Waals surface area (Å²) in [7, 11) is -6.11. The maximum atomic E-state index is 13.2. The summed E-state index contributed by atoms with van der Waals surface area (Å²) >= 11 is 0. The Hall–Kier alpha value is -3.98. The number of ether oxygens (including phenoxy) is 2. The van der Waals surface area contributed by atoms with Crippen molar-refractivity contribution in [1.82, 2.24) is 15.3 Å². The van der Waals surface area contributed by atoms with Gasteiger partial charge in [-0.15, -0.1) is 0 Å². The number of nitrogens with one attached hydrogen (secondary N) is 1. The third kappa shape index (κ3) is 8.06. The molecule has 0 fully saturated rings. The number of sulfonamides is 1. The summed E-state index contributed by atoms with van der Waals surface area (Å²) in [6.45, 7) is 7.19. The van der Waals surface area contributed by atoms with Crippen LogP contribution in [0.2, 0.25) is 0 Å². The van der Waals surface area contributed by atoms with E-state index in [0.29, 0.717) is 6.42 Å². The highest BCUT2D eigenvalue weighted by Crippen LogP contribution is 2.36. The van der Waals surface area contributed by atoms with Crippen LogP contribution in [0.3, 0.4) is 0 Å². The van der Waals surface area contributed by atoms with Gasteiger partial charge in [0.05, 0.1) is 12.9 Å². The van der Waals surface area contributed by atoms with E-state index in [1.54, 1.807) is 39.8 Å². The summed E-state index contributed by atoms with van der Waals surface area (Å²) in [6, 6.07) is 8.86. The van der Waals surface area contributed by atoms with E-state index in [0.717, 1.165) is 17.0 Å². The van der Waals surface area contributed by atoms with Crippen molar-refractivity contribution in [1.29, 1.82) is 0 Å². The number of hydrogen-bond acceptors (Lipinski definition) is 11. The Labute approximate surface area is 245 Å². The minimum Gasteiger partial charge on any atom is -0.464 e. The second-order valence-corrected chi connectivity index (χ2v) is 13.9. The van der Waals surface area contributed by atoms with E-state index in [1.165, 1.54) is 37.5 Å². The average Bonchev–Trinajstić information content (AvgIpc) is 2.91. The first-order valence-electron chi connectivity index (χ1n) is 12.9. The Balaban J connectivity index is 1.92. The normalized spacial score (nSPS) is 12.0. The van der Waals surface area contributed by atoms with Crippen LogP contribution in [0.5, 0.6) is 5.75 Å². The van der Waals surface area contributed by atoms with Gasteiger partial charge in [-0.25, -0.2) is 23.0 Å². The standard InChI is InChI=1S/C27H34N4O9S2/c1-18-11-13-19(14-12-18)42(36,37)40-23-21-20(10-9-16-28-21)24(30-22(23)25(32)38-6)31(5)41(34,35)17-8-7-15-29-26(33)39-27(2,3)4/h9-14,16H,7-8,15,17H2,1-6H3,(H,29,33). The van der Waals surface area contributed by atoms with Gasteiger partial charge >= 0.3 is 22.2 Å². The molecule has 0 saturated heterocycles. The number of esters is 1. The lowest BCUT2D eigenvalue weighted by Crippen LogP contribution is -2.33. The second kappa shape index (κ2) is 12.9. The van der Waals surface area contributed by atoms with Gasteiger partial charge in [0.2, 0.25) is 15.8 Å². The number of carbonyl (C=O) groups is 2. The molecule has 13 nitrogen and oxygen atoms in total. The van der Waals surface area contributed by atoms with Crippen molar-refractivity contribution in [3.05, 3.63) is 53.9 Å². The van der Waals surface area contributed by atoms with Crippen LogP contribution >= 0.6 is 0 Å². The van der Waals surface area contributed by atoms with Crippen molar-refractivity contribution in [2.24, 2.45) is 0 Å². The summed E-state index contributed by atoms with van der Waals surface area (Å²) in [5, 5.41) is 2.69. The zero-order chi connectivity index (χ0) is 31.3. The molecular formula is C27H34N4O9S2. The quantitative estimate of drug-likeness (QED) is 0.188. The molecule has 42 heavy (non-hydrogen) atoms. The molecule has 0 bridgehead atoms. The number of carbonyl (C=O) groups excluding carboxylic acids is 2. The van der Waals surface area contributed by atoms with E-state index in [2.05, 4.69) is 15.3 Å². The fourth-order valence-electron chi connectivity index (χ4n) is 3.70. The number of amides is 1. The summed E-state index contributed by atoms with van der Waals surface area (Å²) in [5.74, 6) is -2.04. The molecule has 2 heterocycles. The van der Waals surface area contributed by atoms with Gasteiger partial charge in [-0.2, -0.15) is 8.42 Å². The van der Waals surface area contributed by atoms with Crippen molar-refractivity contribution in [2.75, 3.05) is 30.8 Å². The lowest BCUT2D eigenvalue weighted by Gasteiger charge is -2.22. The minimum absolute atomic E-state index is 0.109. The number of unbranched alkanes of at least 4 members (excludes halogenated alkanes) is 1. The van der Waals surface area contributed by atoms with E-state index in [9.17, 15) is 26.4 Å². The maximum Gasteiger partial charge on any atom is 0.407 e. The molecule has 15 heteroatoms. The third-order valence-electron chi connectivity index (χ3n) is 5.79. The highest BCUT2D eigenvalue weighted by atomic mass is 32.2. The number of fused-ring (bicyclic) bond motifs is 1. The van der Waals surface area contributed by atoms with Crippen LogP contribution < -0.4 is 13.8 Å². The number of benzene rings is 1. The van der Waals surface area contributed by atoms with Crippen LogP contribution in [-0.2, 0) is 29.6 Å². The fourth-order valence-corrected chi connectivity index (χ4v) is 5.88. The highest BCUT2D eigenvalue weighted by molar-refractivity contribution is 7.92. The van der Waals surface area contributed by atoms with E-state index in [1.807, 2.05) is 0 Å². The van der Waals surface area contributed by atoms with E-state index >= 15 is 0 Å². The molecule has 228 valence electrons. The van der Waals surface area contributed by atoms with Gasteiger partial charge in [0.1, 0.15) is 16.0 Å². The molecule has 0 spiro atoms. The number of aryl methyl sites for hydroxylation is 1. The molecule has 0 unspecified atom stereocenters. The summed E-state index contributed by atoms with van der Waals surface area (Å²) in [6.07, 6.45) is 1.27. The Morgan fingerprint density at radius 3 is 2.31 bits per heavy atom. The average molecular weight is 623 g/mol. The van der Waals surface area contributed by atoms with Gasteiger partial charge < -0.3 is 19.0 Å². The van der Waals surface area contributed by atoms with Crippen LogP contribution in [0, 0.1) is 6.92 Å². The van der Waals surface area contributed by atoms with Crippen molar-refractivity contribution >= 4 is 48.9 Å². The zero-order valence-electron chi connectivity index (χ0n) is 24.2. The second-order valence-electron chi connectivity index (χ2n) is 10.3. The van der Waals surface area contributed by atoms with Crippen LogP contribution in [0.15, 0.2) is 47.5 Å². The van der Waals surface area contributed by atoms with Crippen LogP contribution in [0.25, 0.3) is 10.9 Å². The van der Waals surface area contributed by atoms with Crippen molar-refractivity contribution < 1.29 is 40.1 Å². The first-order chi connectivity index (χ1) is 19.6. The highest BCUT2D eigenvalue weighted by Gasteiger charge is 2.31. The van der Waals surface area contributed by atoms with Crippen molar-refractivity contribution in [3.63, 3.8) is 0 Å². The van der Waals surface area contributed by atoms with Gasteiger partial charge in [0, 0.05) is 25.2 Å². The predicted molar refractivity (Wildman–Crippen MR) is 156 cm³/mol. The van der Waals surface area contributed by atoms with Crippen molar-refractivity contribution in [2.45, 2.75) is 51.0 Å². The maximum absolute atomic E-state index is 13.2. The van der Waals surface area contributed by atoms with Crippen LogP contribution in [-0.4, -0.2) is 70.9 Å². The molecule has 3 aromatic rings. The van der Waals surface area contributed by atoms with E-state index in [-0.39, 0.29) is 40.3 Å². The van der Waals surface area contributed by atoms with E-state index in [4.69, 9.17) is 13.7 Å². The number of anilines is 1. The molecule has 0 saturated carbocycles. The summed E-state index contributed by atoms with van der Waals surface area (Å²) in [5.41, 5.74) is -0.513. The molecule has 2 aromatic heterocycles. The number of pyridine rings is 2. The molecule has 0 atom stereocenters. The molecular weight excluding hydrogens is 588 g/mol. The Bertz CT molecular complexity index is 1670. The SMILES string of the molecule is COC(=O)c1nc(N(C)S(=O)(=O)CCCCNC(=O)OC(C)(C)C)c2cccnc2c1OS(=O)(=O)c1ccc(C)cc1. The number of hydrogen-bond donors (Lipinski definition) is 1. The van der Waals surface area contributed by atoms with Gasteiger partial charge in [0.15, 0.2) is 11.5 Å². The molecule has 0 aliphatic carbocycles. The smallest absolute Gasteiger partial charge is 0.407 e. The molecule has 1 amide bonds. The van der Waals surface area contributed by atoms with Gasteiger partial charge in [-0.05, 0) is 64.8 Å². The number of aromatic nitrogens is 2. The summed E-state index contributed by atoms with van der Waals surface area (Å²) < 4.78 is 69.0. The first-order valence-corrected chi connectivity index (χ1v) is 15.9. The summed E-state index contributed by atoms with van der Waals surface area (Å²) in [4.78, 5) is 32.8. The fraction of sp³-hybridized carbons (Fsp3) is 0.407. The van der Waals surface area contributed by atoms with Gasteiger partial charge in [-0.1, -0.05) is 17.7 Å². The van der Waals surface area contributed by atoms with E-state index < -0.39 is 49.2 Å². The molecule has 0 aliphatic rings. The number of rotatable bonds is 11. The molecule has 0 radical (unpaired) electrons. The Morgan fingerprint density at radius 2 is 1.69 bits per heavy atom. The Morgan fingerprint density at radius 1 is 1.02 bits per heavy atom. The van der Waals surface area contributed by atoms with Gasteiger partial charge in [0.25, 0.3) is 0 Å². The molecule has 1 aromatic carbocycles. The monoisotopic (exact) mass is 622 g/mol. The number of nitrogens with zero attached hydrogens (tertiary/aromatic N) is 3. The van der Waals surface area contributed by atoms with Crippen LogP contribution in [0.1, 0.15) is 49.7 Å². The lowest BCUT2D eigenvalue weighted by molar-refractivity contribution is 0.0525. The Kier molecular flexibility index (Phi) is 9.99. The number of methoxy groups -OCH3 is 1. The topological polar surface area (TPSA) is 171 Å². The number of alkyl carbamates (subject to hydrolysis) is 1. The third-order valence-corrected chi connectivity index (χ3v) is 8.84. The molecule has 3 rings (SSSR count). The minimum atomic E-state index is -4.44. The molecule has 1 N–H and O–H groups in total. The largest absolute Gasteiger partial charge is 0.464 e. The van der Waals surface area contributed by atoms with Gasteiger partial charge in [-0.3, -0.25) is 9.29 Å². The molecule has 0 aliphatic heterocycles. The lowest BCUT2D eigenvalue weighted by atomic mass is 10.2.